The summed E-state index contributed by atoms with van der Waals surface area (Å²) in [7, 11) is -3.47. The van der Waals surface area contributed by atoms with Gasteiger partial charge in [0.1, 0.15) is 0 Å². The van der Waals surface area contributed by atoms with Crippen molar-refractivity contribution in [1.29, 1.82) is 0 Å². The summed E-state index contributed by atoms with van der Waals surface area (Å²) in [6, 6.07) is 15.2. The molecule has 0 aromatic heterocycles. The first-order valence-corrected chi connectivity index (χ1v) is 11.6. The second-order valence-electron chi connectivity index (χ2n) is 7.44. The lowest BCUT2D eigenvalue weighted by Gasteiger charge is -2.38. The highest BCUT2D eigenvalue weighted by atomic mass is 32.2. The normalized spacial score (nSPS) is 20.7. The van der Waals surface area contributed by atoms with Gasteiger partial charge in [0.25, 0.3) is 5.91 Å². The van der Waals surface area contributed by atoms with Gasteiger partial charge < -0.3 is 14.4 Å². The summed E-state index contributed by atoms with van der Waals surface area (Å²) in [6.07, 6.45) is 2.45. The van der Waals surface area contributed by atoms with Crippen molar-refractivity contribution in [3.8, 4) is 0 Å². The van der Waals surface area contributed by atoms with E-state index in [0.717, 1.165) is 19.3 Å². The number of hydrogen-bond donors (Lipinski definition) is 0. The highest BCUT2D eigenvalue weighted by molar-refractivity contribution is 7.90. The molecule has 1 unspecified atom stereocenters. The Hall–Kier alpha value is -2.22. The van der Waals surface area contributed by atoms with Crippen molar-refractivity contribution in [3.63, 3.8) is 0 Å². The van der Waals surface area contributed by atoms with Gasteiger partial charge >= 0.3 is 0 Å². The molecule has 0 saturated carbocycles. The van der Waals surface area contributed by atoms with E-state index in [4.69, 9.17) is 9.47 Å². The highest BCUT2D eigenvalue weighted by Gasteiger charge is 2.36. The van der Waals surface area contributed by atoms with Gasteiger partial charge in [0.15, 0.2) is 16.1 Å². The van der Waals surface area contributed by atoms with Crippen LogP contribution in [0.1, 0.15) is 35.2 Å². The Kier molecular flexibility index (Phi) is 5.99. The van der Waals surface area contributed by atoms with Gasteiger partial charge in [-0.15, -0.1) is 0 Å². The van der Waals surface area contributed by atoms with Crippen LogP contribution in [-0.2, 0) is 25.1 Å². The van der Waals surface area contributed by atoms with Crippen LogP contribution >= 0.6 is 0 Å². The molecule has 154 valence electrons. The molecule has 1 amide bonds. The lowest BCUT2D eigenvalue weighted by Crippen LogP contribution is -2.50. The minimum atomic E-state index is -3.47. The number of sulfone groups is 1. The van der Waals surface area contributed by atoms with E-state index in [0.29, 0.717) is 30.9 Å². The number of rotatable bonds is 5. The first-order valence-electron chi connectivity index (χ1n) is 9.95. The van der Waals surface area contributed by atoms with Crippen LogP contribution in [0.4, 0.5) is 0 Å². The number of ether oxygens (including phenoxy) is 2. The van der Waals surface area contributed by atoms with Crippen molar-refractivity contribution in [2.24, 2.45) is 0 Å². The predicted octanol–water partition coefficient (Wildman–Crippen LogP) is 3.03. The second kappa shape index (κ2) is 8.65. The van der Waals surface area contributed by atoms with Crippen LogP contribution < -0.4 is 0 Å². The van der Waals surface area contributed by atoms with Crippen LogP contribution in [0.3, 0.4) is 0 Å². The van der Waals surface area contributed by atoms with Gasteiger partial charge in [0, 0.05) is 12.1 Å². The molecule has 2 fully saturated rings. The summed E-state index contributed by atoms with van der Waals surface area (Å²) in [5.41, 5.74) is 1.09. The van der Waals surface area contributed by atoms with E-state index >= 15 is 0 Å². The van der Waals surface area contributed by atoms with Crippen LogP contribution in [0.2, 0.25) is 0 Å². The third-order valence-electron chi connectivity index (χ3n) is 5.40. The quantitative estimate of drug-likeness (QED) is 0.751. The summed E-state index contributed by atoms with van der Waals surface area (Å²) >= 11 is 0. The van der Waals surface area contributed by atoms with Crippen molar-refractivity contribution in [1.82, 2.24) is 4.90 Å². The molecule has 2 saturated heterocycles. The number of carbonyl (C=O) groups excluding carboxylic acids is 1. The molecule has 29 heavy (non-hydrogen) atoms. The monoisotopic (exact) mass is 415 g/mol. The summed E-state index contributed by atoms with van der Waals surface area (Å²) in [6.45, 7) is 1.76. The minimum Gasteiger partial charge on any atom is -0.348 e. The average Bonchev–Trinajstić information content (AvgIpc) is 3.28. The lowest BCUT2D eigenvalue weighted by molar-refractivity contribution is -0.100. The van der Waals surface area contributed by atoms with Crippen molar-refractivity contribution in [2.75, 3.05) is 19.8 Å². The van der Waals surface area contributed by atoms with E-state index in [2.05, 4.69) is 0 Å². The number of nitrogens with zero attached hydrogens (tertiary/aromatic N) is 1. The topological polar surface area (TPSA) is 72.9 Å². The van der Waals surface area contributed by atoms with Gasteiger partial charge in [-0.25, -0.2) is 8.42 Å². The zero-order valence-electron chi connectivity index (χ0n) is 16.2. The standard InChI is InChI=1S/C22H25NO5S/c24-21(23-12-5-4-11-20(23)22-27-13-14-28-22)18-8-6-7-17(15-18)16-29(25,26)19-9-2-1-3-10-19/h1-3,6-10,15,20,22H,4-5,11-14,16H2. The van der Waals surface area contributed by atoms with Gasteiger partial charge in [-0.05, 0) is 49.1 Å². The summed E-state index contributed by atoms with van der Waals surface area (Å²) in [5, 5.41) is 0. The van der Waals surface area contributed by atoms with E-state index in [1.807, 2.05) is 4.90 Å². The Morgan fingerprint density at radius 1 is 1.00 bits per heavy atom. The van der Waals surface area contributed by atoms with Crippen LogP contribution in [0.25, 0.3) is 0 Å². The van der Waals surface area contributed by atoms with Crippen LogP contribution in [0.5, 0.6) is 0 Å². The Labute approximate surface area is 171 Å². The molecule has 0 aliphatic carbocycles. The SMILES string of the molecule is O=C(c1cccc(CS(=O)(=O)c2ccccc2)c1)N1CCCCC1C1OCCO1. The molecule has 6 nitrogen and oxygen atoms in total. The number of amides is 1. The Bertz CT molecular complexity index is 954. The van der Waals surface area contributed by atoms with E-state index in [1.54, 1.807) is 54.6 Å². The highest BCUT2D eigenvalue weighted by Crippen LogP contribution is 2.26. The maximum Gasteiger partial charge on any atom is 0.254 e. The molecular formula is C22H25NO5S. The van der Waals surface area contributed by atoms with Crippen LogP contribution in [-0.4, -0.2) is 51.3 Å². The third-order valence-corrected chi connectivity index (χ3v) is 7.11. The van der Waals surface area contributed by atoms with E-state index in [1.165, 1.54) is 0 Å². The largest absolute Gasteiger partial charge is 0.348 e. The molecule has 2 aliphatic rings. The smallest absolute Gasteiger partial charge is 0.254 e. The molecule has 4 rings (SSSR count). The predicted molar refractivity (Wildman–Crippen MR) is 108 cm³/mol. The van der Waals surface area contributed by atoms with Gasteiger partial charge in [0.2, 0.25) is 0 Å². The van der Waals surface area contributed by atoms with Crippen molar-refractivity contribution >= 4 is 15.7 Å². The molecule has 2 aromatic rings. The summed E-state index contributed by atoms with van der Waals surface area (Å²) < 4.78 is 36.7. The zero-order valence-corrected chi connectivity index (χ0v) is 17.0. The maximum absolute atomic E-state index is 13.2. The molecular weight excluding hydrogens is 390 g/mol. The van der Waals surface area contributed by atoms with Crippen LogP contribution in [0.15, 0.2) is 59.5 Å². The van der Waals surface area contributed by atoms with E-state index in [-0.39, 0.29) is 28.9 Å². The Morgan fingerprint density at radius 3 is 2.52 bits per heavy atom. The molecule has 0 spiro atoms. The molecule has 1 atom stereocenters. The van der Waals surface area contributed by atoms with Crippen molar-refractivity contribution in [2.45, 2.75) is 42.2 Å². The van der Waals surface area contributed by atoms with E-state index in [9.17, 15) is 13.2 Å². The molecule has 0 N–H and O–H groups in total. The van der Waals surface area contributed by atoms with Gasteiger partial charge in [-0.2, -0.15) is 0 Å². The molecule has 2 aliphatic heterocycles. The molecule has 0 bridgehead atoms. The fourth-order valence-electron chi connectivity index (χ4n) is 3.98. The number of piperidine rings is 1. The second-order valence-corrected chi connectivity index (χ2v) is 9.43. The Morgan fingerprint density at radius 2 is 1.76 bits per heavy atom. The first kappa shape index (κ1) is 20.1. The maximum atomic E-state index is 13.2. The van der Waals surface area contributed by atoms with E-state index < -0.39 is 9.84 Å². The average molecular weight is 416 g/mol. The number of hydrogen-bond acceptors (Lipinski definition) is 5. The summed E-state index contributed by atoms with van der Waals surface area (Å²) in [5.74, 6) is -0.246. The first-order chi connectivity index (χ1) is 14.0. The molecule has 2 heterocycles. The van der Waals surface area contributed by atoms with Gasteiger partial charge in [-0.1, -0.05) is 30.3 Å². The van der Waals surface area contributed by atoms with Crippen LogP contribution in [0, 0.1) is 0 Å². The zero-order chi connectivity index (χ0) is 20.3. The lowest BCUT2D eigenvalue weighted by atomic mass is 10.00. The molecule has 2 aromatic carbocycles. The van der Waals surface area contributed by atoms with Crippen molar-refractivity contribution in [3.05, 3.63) is 65.7 Å². The number of likely N-dealkylation sites (tertiary alicyclic amines) is 1. The third kappa shape index (κ3) is 4.52. The fourth-order valence-corrected chi connectivity index (χ4v) is 5.34. The summed E-state index contributed by atoms with van der Waals surface area (Å²) in [4.78, 5) is 15.3. The molecule has 0 radical (unpaired) electrons. The Balaban J connectivity index is 1.54. The number of carbonyl (C=O) groups is 1. The van der Waals surface area contributed by atoms with Gasteiger partial charge in [-0.3, -0.25) is 4.79 Å². The number of benzene rings is 2. The van der Waals surface area contributed by atoms with Crippen molar-refractivity contribution < 1.29 is 22.7 Å². The van der Waals surface area contributed by atoms with Gasteiger partial charge in [0.05, 0.1) is 29.9 Å². The molecule has 7 heteroatoms. The minimum absolute atomic E-state index is 0.101. The fraction of sp³-hybridized carbons (Fsp3) is 0.409.